The van der Waals surface area contributed by atoms with Crippen LogP contribution in [0.1, 0.15) is 0 Å². The maximum Gasteiger partial charge on any atom is 0.139 e. The summed E-state index contributed by atoms with van der Waals surface area (Å²) >= 11 is 6.91. The molecule has 0 amide bonds. The lowest BCUT2D eigenvalue weighted by Gasteiger charge is -2.29. The monoisotopic (exact) mass is 621 g/mol. The summed E-state index contributed by atoms with van der Waals surface area (Å²) in [5, 5.41) is 7.46. The molecular weight excluding hydrogens is 594 g/mol. The van der Waals surface area contributed by atoms with E-state index in [1.807, 2.05) is 6.07 Å². The molecule has 0 aliphatic carbocycles. The van der Waals surface area contributed by atoms with E-state index >= 15 is 0 Å². The highest BCUT2D eigenvalue weighted by Gasteiger charge is 2.23. The molecule has 0 spiro atoms. The summed E-state index contributed by atoms with van der Waals surface area (Å²) in [6, 6.07) is 59.8. The summed E-state index contributed by atoms with van der Waals surface area (Å²) in [4.78, 5) is 2.33. The molecule has 0 aliphatic heterocycles. The first-order valence-corrected chi connectivity index (χ1v) is 16.2. The van der Waals surface area contributed by atoms with Crippen molar-refractivity contribution in [1.29, 1.82) is 0 Å². The average Bonchev–Trinajstić information content (AvgIpc) is 3.48. The Labute approximate surface area is 277 Å². The van der Waals surface area contributed by atoms with Crippen LogP contribution >= 0.6 is 11.6 Å². The zero-order valence-electron chi connectivity index (χ0n) is 25.4. The third kappa shape index (κ3) is 4.74. The highest BCUT2D eigenvalue weighted by atomic mass is 35.5. The van der Waals surface area contributed by atoms with E-state index < -0.39 is 0 Å². The van der Waals surface area contributed by atoms with Crippen molar-refractivity contribution >= 4 is 72.1 Å². The molecule has 0 saturated carbocycles. The standard InChI is InChI=1S/C44H28ClNO/c45-34-27-41(44-39-24-31-15-7-8-16-32(31)26-42(39)47-43(44)28-34)46(35-18-5-2-6-19-35)40-23-22-33(25-38(40)30-12-3-1-4-13-30)37-21-11-17-29-14-9-10-20-36(29)37/h1-28H. The fourth-order valence-electron chi connectivity index (χ4n) is 6.92. The van der Waals surface area contributed by atoms with Gasteiger partial charge in [0.15, 0.2) is 0 Å². The highest BCUT2D eigenvalue weighted by Crippen LogP contribution is 2.48. The van der Waals surface area contributed by atoms with Crippen LogP contribution in [-0.2, 0) is 0 Å². The number of halogens is 1. The molecule has 1 aromatic heterocycles. The van der Waals surface area contributed by atoms with E-state index in [0.717, 1.165) is 61.1 Å². The van der Waals surface area contributed by atoms with Crippen molar-refractivity contribution in [2.45, 2.75) is 0 Å². The normalized spacial score (nSPS) is 11.5. The minimum absolute atomic E-state index is 0.616. The van der Waals surface area contributed by atoms with Gasteiger partial charge in [-0.2, -0.15) is 0 Å². The van der Waals surface area contributed by atoms with Gasteiger partial charge >= 0.3 is 0 Å². The second-order valence-corrected chi connectivity index (χ2v) is 12.3. The Morgan fingerprint density at radius 3 is 1.91 bits per heavy atom. The van der Waals surface area contributed by atoms with Crippen molar-refractivity contribution in [3.05, 3.63) is 175 Å². The molecule has 3 heteroatoms. The number of benzene rings is 8. The van der Waals surface area contributed by atoms with Gasteiger partial charge in [-0.15, -0.1) is 0 Å². The number of fused-ring (bicyclic) bond motifs is 5. The van der Waals surface area contributed by atoms with Gasteiger partial charge in [-0.3, -0.25) is 0 Å². The molecule has 0 unspecified atom stereocenters. The first-order chi connectivity index (χ1) is 23.2. The zero-order chi connectivity index (χ0) is 31.3. The van der Waals surface area contributed by atoms with E-state index in [-0.39, 0.29) is 0 Å². The minimum Gasteiger partial charge on any atom is -0.456 e. The van der Waals surface area contributed by atoms with Gasteiger partial charge in [0.1, 0.15) is 11.2 Å². The fraction of sp³-hybridized carbons (Fsp3) is 0. The third-order valence-electron chi connectivity index (χ3n) is 9.06. The Balaban J connectivity index is 1.35. The molecule has 0 fully saturated rings. The van der Waals surface area contributed by atoms with E-state index in [9.17, 15) is 0 Å². The third-order valence-corrected chi connectivity index (χ3v) is 9.28. The van der Waals surface area contributed by atoms with Crippen LogP contribution < -0.4 is 4.90 Å². The molecule has 8 aromatic carbocycles. The molecule has 0 aliphatic rings. The number of para-hydroxylation sites is 1. The maximum atomic E-state index is 6.91. The topological polar surface area (TPSA) is 16.4 Å². The molecule has 0 saturated heterocycles. The van der Waals surface area contributed by atoms with Gasteiger partial charge in [-0.1, -0.05) is 133 Å². The molecule has 1 heterocycles. The Hall–Kier alpha value is -5.83. The SMILES string of the molecule is Clc1cc(N(c2ccccc2)c2ccc(-c3cccc4ccccc34)cc2-c2ccccc2)c2c(c1)oc1cc3ccccc3cc12. The number of rotatable bonds is 5. The second kappa shape index (κ2) is 11.2. The predicted octanol–water partition coefficient (Wildman–Crippen LogP) is 13.3. The molecule has 0 N–H and O–H groups in total. The van der Waals surface area contributed by atoms with E-state index in [1.165, 1.54) is 21.7 Å². The van der Waals surface area contributed by atoms with Crippen molar-refractivity contribution in [3.8, 4) is 22.3 Å². The number of anilines is 3. The van der Waals surface area contributed by atoms with E-state index in [2.05, 4.69) is 169 Å². The quantitative estimate of drug-likeness (QED) is 0.190. The smallest absolute Gasteiger partial charge is 0.139 e. The van der Waals surface area contributed by atoms with Crippen molar-refractivity contribution in [1.82, 2.24) is 0 Å². The lowest BCUT2D eigenvalue weighted by molar-refractivity contribution is 0.669. The van der Waals surface area contributed by atoms with Crippen molar-refractivity contribution < 1.29 is 4.42 Å². The largest absolute Gasteiger partial charge is 0.456 e. The first kappa shape index (κ1) is 27.5. The van der Waals surface area contributed by atoms with E-state index in [1.54, 1.807) is 0 Å². The van der Waals surface area contributed by atoms with Crippen LogP contribution in [0.2, 0.25) is 5.02 Å². The fourth-order valence-corrected chi connectivity index (χ4v) is 7.13. The van der Waals surface area contributed by atoms with Crippen molar-refractivity contribution in [2.75, 3.05) is 4.90 Å². The minimum atomic E-state index is 0.616. The van der Waals surface area contributed by atoms with Gasteiger partial charge in [0.05, 0.1) is 16.8 Å². The van der Waals surface area contributed by atoms with Gasteiger partial charge < -0.3 is 9.32 Å². The van der Waals surface area contributed by atoms with Crippen LogP contribution in [0, 0.1) is 0 Å². The molecule has 2 nitrogen and oxygen atoms in total. The van der Waals surface area contributed by atoms with Gasteiger partial charge in [0.2, 0.25) is 0 Å². The Morgan fingerprint density at radius 2 is 1.11 bits per heavy atom. The van der Waals surface area contributed by atoms with Gasteiger partial charge in [-0.05, 0) is 80.7 Å². The summed E-state index contributed by atoms with van der Waals surface area (Å²) in [6.07, 6.45) is 0. The number of hydrogen-bond donors (Lipinski definition) is 0. The van der Waals surface area contributed by atoms with E-state index in [4.69, 9.17) is 16.0 Å². The van der Waals surface area contributed by atoms with Crippen LogP contribution in [-0.4, -0.2) is 0 Å². The van der Waals surface area contributed by atoms with Crippen LogP contribution in [0.5, 0.6) is 0 Å². The Morgan fingerprint density at radius 1 is 0.426 bits per heavy atom. The molecule has 9 rings (SSSR count). The van der Waals surface area contributed by atoms with E-state index in [0.29, 0.717) is 5.02 Å². The lowest BCUT2D eigenvalue weighted by Crippen LogP contribution is -2.12. The molecule has 0 bridgehead atoms. The van der Waals surface area contributed by atoms with Crippen LogP contribution in [0.4, 0.5) is 17.1 Å². The Kier molecular flexibility index (Phi) is 6.55. The predicted molar refractivity (Wildman–Crippen MR) is 199 cm³/mol. The van der Waals surface area contributed by atoms with Gasteiger partial charge in [0, 0.05) is 27.7 Å². The summed E-state index contributed by atoms with van der Waals surface area (Å²) in [7, 11) is 0. The highest BCUT2D eigenvalue weighted by molar-refractivity contribution is 6.32. The maximum absolute atomic E-state index is 6.91. The van der Waals surface area contributed by atoms with Gasteiger partial charge in [-0.25, -0.2) is 0 Å². The first-order valence-electron chi connectivity index (χ1n) is 15.8. The Bertz CT molecular complexity index is 2580. The molecule has 222 valence electrons. The second-order valence-electron chi connectivity index (χ2n) is 11.9. The number of nitrogens with zero attached hydrogens (tertiary/aromatic N) is 1. The van der Waals surface area contributed by atoms with Crippen LogP contribution in [0.15, 0.2) is 174 Å². The van der Waals surface area contributed by atoms with Crippen LogP contribution in [0.25, 0.3) is 65.7 Å². The zero-order valence-corrected chi connectivity index (χ0v) is 26.2. The summed E-state index contributed by atoms with van der Waals surface area (Å²) < 4.78 is 6.53. The number of hydrogen-bond acceptors (Lipinski definition) is 2. The summed E-state index contributed by atoms with van der Waals surface area (Å²) in [5.74, 6) is 0. The van der Waals surface area contributed by atoms with Gasteiger partial charge in [0.25, 0.3) is 0 Å². The lowest BCUT2D eigenvalue weighted by atomic mass is 9.93. The average molecular weight is 622 g/mol. The summed E-state index contributed by atoms with van der Waals surface area (Å²) in [6.45, 7) is 0. The molecule has 0 atom stereocenters. The number of furan rings is 1. The van der Waals surface area contributed by atoms with Crippen molar-refractivity contribution in [3.63, 3.8) is 0 Å². The molecule has 9 aromatic rings. The summed E-state index contributed by atoms with van der Waals surface area (Å²) in [5.41, 5.74) is 9.24. The molecule has 0 radical (unpaired) electrons. The molecular formula is C44H28ClNO. The van der Waals surface area contributed by atoms with Crippen LogP contribution in [0.3, 0.4) is 0 Å². The molecule has 47 heavy (non-hydrogen) atoms. The van der Waals surface area contributed by atoms with Crippen molar-refractivity contribution in [2.24, 2.45) is 0 Å².